The first-order valence-electron chi connectivity index (χ1n) is 9.78. The summed E-state index contributed by atoms with van der Waals surface area (Å²) in [5.41, 5.74) is 0. The Balaban J connectivity index is 2.90. The van der Waals surface area contributed by atoms with Gasteiger partial charge in [0, 0.05) is 0 Å². The zero-order valence-electron chi connectivity index (χ0n) is 14.7. The van der Waals surface area contributed by atoms with E-state index in [1.165, 1.54) is 109 Å². The van der Waals surface area contributed by atoms with Crippen molar-refractivity contribution in [3.05, 3.63) is 0 Å². The summed E-state index contributed by atoms with van der Waals surface area (Å²) in [6, 6.07) is 1.03. The molecule has 2 heteroatoms. The molecule has 0 aromatic heterocycles. The van der Waals surface area contributed by atoms with Crippen molar-refractivity contribution < 1.29 is 4.80 Å². The monoisotopic (exact) mass is 312 g/mol. The van der Waals surface area contributed by atoms with E-state index in [0.29, 0.717) is 0 Å². The fourth-order valence-corrected chi connectivity index (χ4v) is 3.34. The van der Waals surface area contributed by atoms with Crippen LogP contribution in [0.5, 0.6) is 0 Å². The zero-order chi connectivity index (χ0) is 15.4. The van der Waals surface area contributed by atoms with Crippen molar-refractivity contribution in [2.45, 2.75) is 122 Å². The summed E-state index contributed by atoms with van der Waals surface area (Å²) < 4.78 is 0. The van der Waals surface area contributed by atoms with Crippen LogP contribution in [-0.2, 0) is 0 Å². The maximum Gasteiger partial charge on any atom is 0.224 e. The zero-order valence-corrected chi connectivity index (χ0v) is 15.7. The second-order valence-corrected chi connectivity index (χ2v) is 7.38. The van der Waals surface area contributed by atoms with Gasteiger partial charge in [-0.1, -0.05) is 116 Å². The van der Waals surface area contributed by atoms with Crippen LogP contribution in [0.15, 0.2) is 0 Å². The first-order valence-corrected chi connectivity index (χ1v) is 10.9. The van der Waals surface area contributed by atoms with Crippen LogP contribution in [0, 0.1) is 0 Å². The van der Waals surface area contributed by atoms with Gasteiger partial charge in [-0.15, -0.1) is 0 Å². The van der Waals surface area contributed by atoms with Crippen molar-refractivity contribution in [1.29, 1.82) is 0 Å². The van der Waals surface area contributed by atoms with Crippen molar-refractivity contribution in [3.8, 4) is 0 Å². The summed E-state index contributed by atoms with van der Waals surface area (Å²) in [6.45, 7) is 2.29. The highest BCUT2D eigenvalue weighted by atomic mass is 28.2. The number of hydrogen-bond donors (Lipinski definition) is 1. The lowest BCUT2D eigenvalue weighted by atomic mass is 10.0. The maximum absolute atomic E-state index is 8.72. The molecule has 0 aliphatic carbocycles. The van der Waals surface area contributed by atoms with Crippen LogP contribution in [0.4, 0.5) is 0 Å². The maximum atomic E-state index is 8.72. The van der Waals surface area contributed by atoms with E-state index in [9.17, 15) is 0 Å². The van der Waals surface area contributed by atoms with E-state index in [0.717, 1.165) is 6.04 Å². The van der Waals surface area contributed by atoms with Gasteiger partial charge in [0.1, 0.15) is 0 Å². The Hall–Kier alpha value is 0.177. The van der Waals surface area contributed by atoms with E-state index in [2.05, 4.69) is 6.92 Å². The van der Waals surface area contributed by atoms with Crippen LogP contribution in [0.2, 0.25) is 6.04 Å². The van der Waals surface area contributed by atoms with E-state index in [1.54, 1.807) is 0 Å². The van der Waals surface area contributed by atoms with E-state index in [-0.39, 0.29) is 9.76 Å². The predicted molar refractivity (Wildman–Crippen MR) is 96.9 cm³/mol. The van der Waals surface area contributed by atoms with Gasteiger partial charge in [-0.2, -0.15) is 0 Å². The topological polar surface area (TPSA) is 20.2 Å². The first-order chi connectivity index (χ1) is 10.4. The number of unbranched alkanes of at least 4 members (excludes halogenated alkanes) is 16. The van der Waals surface area contributed by atoms with Crippen molar-refractivity contribution in [1.82, 2.24) is 0 Å². The molecular weight excluding hydrogens is 272 g/mol. The minimum absolute atomic E-state index is 0.169. The van der Waals surface area contributed by atoms with Gasteiger partial charge >= 0.3 is 0 Å². The van der Waals surface area contributed by atoms with Gasteiger partial charge in [0.25, 0.3) is 0 Å². The Kier molecular flexibility index (Phi) is 20.3. The van der Waals surface area contributed by atoms with Gasteiger partial charge in [0.15, 0.2) is 0 Å². The second-order valence-electron chi connectivity index (χ2n) is 6.56. The smallest absolute Gasteiger partial charge is 0.224 e. The highest BCUT2D eigenvalue weighted by Gasteiger charge is 1.94. The van der Waals surface area contributed by atoms with E-state index in [1.807, 2.05) is 0 Å². The predicted octanol–water partition coefficient (Wildman–Crippen LogP) is 6.67. The molecule has 126 valence electrons. The lowest BCUT2D eigenvalue weighted by Gasteiger charge is -2.03. The van der Waals surface area contributed by atoms with Gasteiger partial charge in [0.2, 0.25) is 9.76 Å². The summed E-state index contributed by atoms with van der Waals surface area (Å²) in [6.07, 6.45) is 24.2. The molecule has 0 spiro atoms. The van der Waals surface area contributed by atoms with E-state index >= 15 is 0 Å². The average Bonchev–Trinajstić information content (AvgIpc) is 2.50. The summed E-state index contributed by atoms with van der Waals surface area (Å²) in [4.78, 5) is 8.72. The highest BCUT2D eigenvalue weighted by molar-refractivity contribution is 6.25. The highest BCUT2D eigenvalue weighted by Crippen LogP contribution is 2.14. The molecule has 0 aromatic carbocycles. The standard InChI is InChI=1S/C19H40OSi/c1-2-3-4-5-6-7-8-9-10-11-12-13-14-15-16-17-18-19-21-20/h20H,2-19H2,1H3. The molecule has 0 unspecified atom stereocenters. The largest absolute Gasteiger partial charge is 0.432 e. The normalized spacial score (nSPS) is 11.1. The van der Waals surface area contributed by atoms with E-state index in [4.69, 9.17) is 4.80 Å². The fraction of sp³-hybridized carbons (Fsp3) is 1.00. The molecule has 0 amide bonds. The summed E-state index contributed by atoms with van der Waals surface area (Å²) in [5, 5.41) is 0. The molecule has 0 fully saturated rings. The van der Waals surface area contributed by atoms with Crippen LogP contribution in [0.1, 0.15) is 116 Å². The molecule has 1 nitrogen and oxygen atoms in total. The Morgan fingerprint density at radius 2 is 0.762 bits per heavy atom. The molecular formula is C19H40OSi. The summed E-state index contributed by atoms with van der Waals surface area (Å²) >= 11 is 0. The molecule has 0 aliphatic heterocycles. The number of rotatable bonds is 18. The SMILES string of the molecule is CCCCCCCCCCCCCCCCCCC[Si]O. The summed E-state index contributed by atoms with van der Waals surface area (Å²) in [5.74, 6) is 0. The van der Waals surface area contributed by atoms with E-state index < -0.39 is 0 Å². The van der Waals surface area contributed by atoms with Gasteiger partial charge in [-0.05, 0) is 6.04 Å². The van der Waals surface area contributed by atoms with Crippen LogP contribution < -0.4 is 0 Å². The minimum atomic E-state index is 0.169. The Morgan fingerprint density at radius 3 is 1.05 bits per heavy atom. The van der Waals surface area contributed by atoms with Crippen molar-refractivity contribution >= 4 is 9.76 Å². The Morgan fingerprint density at radius 1 is 0.476 bits per heavy atom. The first kappa shape index (κ1) is 21.2. The van der Waals surface area contributed by atoms with Crippen LogP contribution in [0.25, 0.3) is 0 Å². The van der Waals surface area contributed by atoms with Crippen molar-refractivity contribution in [2.75, 3.05) is 0 Å². The molecule has 0 aliphatic rings. The van der Waals surface area contributed by atoms with Gasteiger partial charge in [-0.25, -0.2) is 0 Å². The molecule has 0 saturated carbocycles. The van der Waals surface area contributed by atoms with Crippen LogP contribution in [-0.4, -0.2) is 14.6 Å². The Bertz CT molecular complexity index is 155. The van der Waals surface area contributed by atoms with Crippen molar-refractivity contribution in [2.24, 2.45) is 0 Å². The quantitative estimate of drug-likeness (QED) is 0.221. The molecule has 0 rings (SSSR count). The van der Waals surface area contributed by atoms with Gasteiger partial charge < -0.3 is 4.80 Å². The molecule has 21 heavy (non-hydrogen) atoms. The molecule has 1 N–H and O–H groups in total. The molecule has 0 bridgehead atoms. The lowest BCUT2D eigenvalue weighted by Crippen LogP contribution is -1.86. The van der Waals surface area contributed by atoms with Crippen LogP contribution in [0.3, 0.4) is 0 Å². The molecule has 0 aromatic rings. The van der Waals surface area contributed by atoms with Crippen LogP contribution >= 0.6 is 0 Å². The van der Waals surface area contributed by atoms with Gasteiger partial charge in [-0.3, -0.25) is 0 Å². The average molecular weight is 313 g/mol. The molecule has 0 saturated heterocycles. The molecule has 0 atom stereocenters. The third-order valence-electron chi connectivity index (χ3n) is 4.39. The minimum Gasteiger partial charge on any atom is -0.432 e. The molecule has 0 heterocycles. The Labute approximate surface area is 137 Å². The lowest BCUT2D eigenvalue weighted by molar-refractivity contribution is 0.527. The fourth-order valence-electron chi connectivity index (χ4n) is 2.93. The van der Waals surface area contributed by atoms with Crippen molar-refractivity contribution in [3.63, 3.8) is 0 Å². The third kappa shape index (κ3) is 20.2. The number of hydrogen-bond acceptors (Lipinski definition) is 1. The summed E-state index contributed by atoms with van der Waals surface area (Å²) in [7, 11) is 0.169. The molecule has 2 radical (unpaired) electrons. The second kappa shape index (κ2) is 20.2. The van der Waals surface area contributed by atoms with Gasteiger partial charge in [0.05, 0.1) is 0 Å². The third-order valence-corrected chi connectivity index (χ3v) is 4.97.